The summed E-state index contributed by atoms with van der Waals surface area (Å²) < 4.78 is 0. The summed E-state index contributed by atoms with van der Waals surface area (Å²) in [4.78, 5) is 10.3. The lowest BCUT2D eigenvalue weighted by atomic mass is 10.1. The van der Waals surface area contributed by atoms with Crippen LogP contribution in [0.5, 0.6) is 0 Å². The Kier molecular flexibility index (Phi) is 3.39. The number of hydrogen-bond donors (Lipinski definition) is 1. The van der Waals surface area contributed by atoms with Gasteiger partial charge in [0, 0.05) is 24.4 Å². The average Bonchev–Trinajstić information content (AvgIpc) is 2.80. The lowest BCUT2D eigenvalue weighted by Crippen LogP contribution is -2.00. The van der Waals surface area contributed by atoms with Gasteiger partial charge in [0.15, 0.2) is 0 Å². The molecule has 1 N–H and O–H groups in total. The fourth-order valence-corrected chi connectivity index (χ4v) is 2.17. The predicted octanol–water partition coefficient (Wildman–Crippen LogP) is 3.58. The van der Waals surface area contributed by atoms with Crippen molar-refractivity contribution in [2.24, 2.45) is 0 Å². The van der Waals surface area contributed by atoms with Gasteiger partial charge in [0.25, 0.3) is 5.69 Å². The third-order valence-electron chi connectivity index (χ3n) is 2.50. The fraction of sp³-hybridized carbons (Fsp3) is 0.167. The highest BCUT2D eigenvalue weighted by atomic mass is 32.1. The molecule has 0 amide bonds. The van der Waals surface area contributed by atoms with Crippen molar-refractivity contribution >= 4 is 22.7 Å². The molecule has 4 nitrogen and oxygen atoms in total. The predicted molar refractivity (Wildman–Crippen MR) is 69.5 cm³/mol. The second-order valence-electron chi connectivity index (χ2n) is 3.74. The molecule has 2 rings (SSSR count). The topological polar surface area (TPSA) is 55.2 Å². The van der Waals surface area contributed by atoms with E-state index in [-0.39, 0.29) is 10.6 Å². The van der Waals surface area contributed by atoms with Crippen LogP contribution in [0.3, 0.4) is 0 Å². The molecule has 0 bridgehead atoms. The van der Waals surface area contributed by atoms with Crippen molar-refractivity contribution in [2.75, 3.05) is 5.32 Å². The van der Waals surface area contributed by atoms with E-state index in [1.807, 2.05) is 18.4 Å². The Morgan fingerprint density at radius 1 is 1.41 bits per heavy atom. The molecule has 0 saturated carbocycles. The summed E-state index contributed by atoms with van der Waals surface area (Å²) in [5.41, 5.74) is 3.11. The smallest absolute Gasteiger partial charge is 0.271 e. The summed E-state index contributed by atoms with van der Waals surface area (Å²) >= 11 is 1.64. The average molecular weight is 248 g/mol. The third-order valence-corrected chi connectivity index (χ3v) is 3.23. The number of thiophene rings is 1. The van der Waals surface area contributed by atoms with E-state index in [0.29, 0.717) is 6.54 Å². The molecule has 17 heavy (non-hydrogen) atoms. The Labute approximate surface area is 103 Å². The largest absolute Gasteiger partial charge is 0.381 e. The minimum atomic E-state index is -0.380. The number of aryl methyl sites for hydroxylation is 1. The monoisotopic (exact) mass is 248 g/mol. The number of nitro groups is 1. The summed E-state index contributed by atoms with van der Waals surface area (Å²) in [6.45, 7) is 2.62. The van der Waals surface area contributed by atoms with Gasteiger partial charge in [0.2, 0.25) is 0 Å². The van der Waals surface area contributed by atoms with Crippen molar-refractivity contribution in [3.05, 3.63) is 56.3 Å². The van der Waals surface area contributed by atoms with Crippen molar-refractivity contribution in [1.82, 2.24) is 0 Å². The molecule has 0 aliphatic carbocycles. The maximum Gasteiger partial charge on any atom is 0.271 e. The van der Waals surface area contributed by atoms with Gasteiger partial charge < -0.3 is 5.32 Å². The first kappa shape index (κ1) is 11.6. The molecule has 0 aliphatic heterocycles. The number of anilines is 1. The van der Waals surface area contributed by atoms with Gasteiger partial charge in [-0.15, -0.1) is 0 Å². The quantitative estimate of drug-likeness (QED) is 0.664. The van der Waals surface area contributed by atoms with Gasteiger partial charge in [0.05, 0.1) is 4.92 Å². The lowest BCUT2D eigenvalue weighted by molar-refractivity contribution is -0.384. The first-order valence-electron chi connectivity index (χ1n) is 5.17. The number of nitro benzene ring substituents is 1. The zero-order valence-electron chi connectivity index (χ0n) is 9.34. The number of benzene rings is 1. The first-order valence-corrected chi connectivity index (χ1v) is 6.11. The van der Waals surface area contributed by atoms with E-state index in [2.05, 4.69) is 10.7 Å². The van der Waals surface area contributed by atoms with Crippen LogP contribution in [0.25, 0.3) is 0 Å². The van der Waals surface area contributed by atoms with Crippen LogP contribution in [0.4, 0.5) is 11.4 Å². The standard InChI is InChI=1S/C12H12N2O2S/c1-9-2-3-11(14(15)16)6-12(9)13-7-10-4-5-17-8-10/h2-6,8,13H,7H2,1H3. The summed E-state index contributed by atoms with van der Waals surface area (Å²) in [5, 5.41) is 18.0. The van der Waals surface area contributed by atoms with Gasteiger partial charge in [-0.1, -0.05) is 6.07 Å². The number of non-ortho nitro benzene ring substituents is 1. The summed E-state index contributed by atoms with van der Waals surface area (Å²) in [7, 11) is 0. The van der Waals surface area contributed by atoms with E-state index < -0.39 is 0 Å². The highest BCUT2D eigenvalue weighted by Gasteiger charge is 2.08. The molecule has 5 heteroatoms. The summed E-state index contributed by atoms with van der Waals surface area (Å²) in [5.74, 6) is 0. The van der Waals surface area contributed by atoms with Crippen LogP contribution in [-0.4, -0.2) is 4.92 Å². The van der Waals surface area contributed by atoms with Gasteiger partial charge in [0.1, 0.15) is 0 Å². The molecule has 0 spiro atoms. The molecule has 1 aromatic heterocycles. The van der Waals surface area contributed by atoms with Crippen LogP contribution in [0.2, 0.25) is 0 Å². The van der Waals surface area contributed by atoms with Crippen molar-refractivity contribution in [1.29, 1.82) is 0 Å². The Morgan fingerprint density at radius 3 is 2.88 bits per heavy atom. The molecule has 1 aromatic carbocycles. The normalized spacial score (nSPS) is 10.2. The van der Waals surface area contributed by atoms with Crippen molar-refractivity contribution < 1.29 is 4.92 Å². The SMILES string of the molecule is Cc1ccc([N+](=O)[O-])cc1NCc1ccsc1. The van der Waals surface area contributed by atoms with Crippen LogP contribution in [0, 0.1) is 17.0 Å². The van der Waals surface area contributed by atoms with E-state index in [1.54, 1.807) is 23.5 Å². The lowest BCUT2D eigenvalue weighted by Gasteiger charge is -2.08. The van der Waals surface area contributed by atoms with E-state index >= 15 is 0 Å². The van der Waals surface area contributed by atoms with Gasteiger partial charge in [-0.05, 0) is 34.9 Å². The number of hydrogen-bond acceptors (Lipinski definition) is 4. The summed E-state index contributed by atoms with van der Waals surface area (Å²) in [6.07, 6.45) is 0. The molecule has 88 valence electrons. The zero-order valence-corrected chi connectivity index (χ0v) is 10.2. The van der Waals surface area contributed by atoms with Gasteiger partial charge in [-0.2, -0.15) is 11.3 Å². The van der Waals surface area contributed by atoms with Gasteiger partial charge in [-0.25, -0.2) is 0 Å². The van der Waals surface area contributed by atoms with Crippen LogP contribution in [-0.2, 0) is 6.54 Å². The van der Waals surface area contributed by atoms with E-state index in [0.717, 1.165) is 11.3 Å². The molecule has 0 radical (unpaired) electrons. The zero-order chi connectivity index (χ0) is 12.3. The molecule has 2 aromatic rings. The molecule has 1 heterocycles. The van der Waals surface area contributed by atoms with Crippen LogP contribution < -0.4 is 5.32 Å². The maximum absolute atomic E-state index is 10.7. The van der Waals surface area contributed by atoms with Crippen molar-refractivity contribution in [3.8, 4) is 0 Å². The number of rotatable bonds is 4. The van der Waals surface area contributed by atoms with Crippen molar-refractivity contribution in [3.63, 3.8) is 0 Å². The minimum absolute atomic E-state index is 0.114. The van der Waals surface area contributed by atoms with Crippen LogP contribution in [0.15, 0.2) is 35.0 Å². The molecule has 0 unspecified atom stereocenters. The Bertz CT molecular complexity index is 523. The van der Waals surface area contributed by atoms with E-state index in [4.69, 9.17) is 0 Å². The Balaban J connectivity index is 2.14. The highest BCUT2D eigenvalue weighted by molar-refractivity contribution is 7.07. The Hall–Kier alpha value is -1.88. The van der Waals surface area contributed by atoms with E-state index in [9.17, 15) is 10.1 Å². The fourth-order valence-electron chi connectivity index (χ4n) is 1.50. The summed E-state index contributed by atoms with van der Waals surface area (Å²) in [6, 6.07) is 6.88. The van der Waals surface area contributed by atoms with Gasteiger partial charge in [-0.3, -0.25) is 10.1 Å². The minimum Gasteiger partial charge on any atom is -0.381 e. The van der Waals surface area contributed by atoms with Gasteiger partial charge >= 0.3 is 0 Å². The molecule has 0 saturated heterocycles. The maximum atomic E-state index is 10.7. The highest BCUT2D eigenvalue weighted by Crippen LogP contribution is 2.22. The van der Waals surface area contributed by atoms with Crippen molar-refractivity contribution in [2.45, 2.75) is 13.5 Å². The second-order valence-corrected chi connectivity index (χ2v) is 4.52. The molecule has 0 atom stereocenters. The first-order chi connectivity index (χ1) is 8.16. The third kappa shape index (κ3) is 2.82. The molecular weight excluding hydrogens is 236 g/mol. The van der Waals surface area contributed by atoms with Crippen LogP contribution >= 0.6 is 11.3 Å². The Morgan fingerprint density at radius 2 is 2.24 bits per heavy atom. The van der Waals surface area contributed by atoms with Crippen LogP contribution in [0.1, 0.15) is 11.1 Å². The molecule has 0 aliphatic rings. The number of nitrogens with zero attached hydrogens (tertiary/aromatic N) is 1. The second kappa shape index (κ2) is 4.97. The van der Waals surface area contributed by atoms with E-state index in [1.165, 1.54) is 11.6 Å². The molecular formula is C12H12N2O2S. The molecule has 0 fully saturated rings. The number of nitrogens with one attached hydrogen (secondary N) is 1.